The summed E-state index contributed by atoms with van der Waals surface area (Å²) in [4.78, 5) is 12.8. The highest BCUT2D eigenvalue weighted by molar-refractivity contribution is 14.1. The SMILES string of the molecule is C[C@@H](c1ccccc1I)N1CC1C=O. The first-order chi connectivity index (χ1) is 6.74. The van der Waals surface area contributed by atoms with Crippen LogP contribution in [0.5, 0.6) is 0 Å². The molecule has 0 N–H and O–H groups in total. The minimum Gasteiger partial charge on any atom is -0.302 e. The van der Waals surface area contributed by atoms with E-state index in [1.54, 1.807) is 0 Å². The van der Waals surface area contributed by atoms with Crippen LogP contribution in [0.4, 0.5) is 0 Å². The second-order valence-electron chi connectivity index (χ2n) is 3.60. The van der Waals surface area contributed by atoms with Gasteiger partial charge in [0.05, 0.1) is 6.04 Å². The first-order valence-corrected chi connectivity index (χ1v) is 5.77. The van der Waals surface area contributed by atoms with E-state index in [0.29, 0.717) is 6.04 Å². The first-order valence-electron chi connectivity index (χ1n) is 4.69. The van der Waals surface area contributed by atoms with Gasteiger partial charge in [0.2, 0.25) is 0 Å². The highest BCUT2D eigenvalue weighted by atomic mass is 127. The summed E-state index contributed by atoms with van der Waals surface area (Å²) in [6.07, 6.45) is 1.03. The molecule has 1 saturated heterocycles. The Bertz CT molecular complexity index is 353. The van der Waals surface area contributed by atoms with Crippen molar-refractivity contribution in [1.82, 2.24) is 4.90 Å². The lowest BCUT2D eigenvalue weighted by Crippen LogP contribution is -2.10. The molecule has 0 amide bonds. The molecule has 0 saturated carbocycles. The van der Waals surface area contributed by atoms with Gasteiger partial charge in [-0.2, -0.15) is 0 Å². The number of carbonyl (C=O) groups excluding carboxylic acids is 1. The fraction of sp³-hybridized carbons (Fsp3) is 0.364. The highest BCUT2D eigenvalue weighted by Gasteiger charge is 2.38. The fourth-order valence-electron chi connectivity index (χ4n) is 1.73. The van der Waals surface area contributed by atoms with Crippen LogP contribution < -0.4 is 0 Å². The van der Waals surface area contributed by atoms with Crippen molar-refractivity contribution >= 4 is 28.9 Å². The molecule has 0 aliphatic carbocycles. The summed E-state index contributed by atoms with van der Waals surface area (Å²) >= 11 is 2.34. The quantitative estimate of drug-likeness (QED) is 0.485. The van der Waals surface area contributed by atoms with Crippen molar-refractivity contribution in [3.63, 3.8) is 0 Å². The molecule has 0 bridgehead atoms. The monoisotopic (exact) mass is 301 g/mol. The van der Waals surface area contributed by atoms with Gasteiger partial charge in [0.25, 0.3) is 0 Å². The maximum atomic E-state index is 10.6. The molecule has 0 spiro atoms. The molecule has 2 nitrogen and oxygen atoms in total. The van der Waals surface area contributed by atoms with E-state index < -0.39 is 0 Å². The molecule has 3 heteroatoms. The molecule has 14 heavy (non-hydrogen) atoms. The molecule has 1 heterocycles. The summed E-state index contributed by atoms with van der Waals surface area (Å²) in [6.45, 7) is 3.07. The third-order valence-corrected chi connectivity index (χ3v) is 3.68. The second-order valence-corrected chi connectivity index (χ2v) is 4.76. The summed E-state index contributed by atoms with van der Waals surface area (Å²) in [6, 6.07) is 8.84. The molecule has 3 atom stereocenters. The van der Waals surface area contributed by atoms with Gasteiger partial charge < -0.3 is 4.79 Å². The van der Waals surface area contributed by atoms with Crippen molar-refractivity contribution in [2.45, 2.75) is 19.0 Å². The van der Waals surface area contributed by atoms with E-state index in [-0.39, 0.29) is 6.04 Å². The van der Waals surface area contributed by atoms with E-state index in [2.05, 4.69) is 46.5 Å². The standard InChI is InChI=1S/C11H12INO/c1-8(13-6-9(13)7-14)10-4-2-3-5-11(10)12/h2-5,7-9H,6H2,1H3/t8-,9?,13?/m0/s1. The molecule has 1 fully saturated rings. The third-order valence-electron chi connectivity index (χ3n) is 2.70. The molecule has 74 valence electrons. The zero-order valence-corrected chi connectivity index (χ0v) is 10.1. The zero-order valence-electron chi connectivity index (χ0n) is 7.98. The molecular formula is C11H12INO. The van der Waals surface area contributed by atoms with Gasteiger partial charge in [-0.1, -0.05) is 18.2 Å². The van der Waals surface area contributed by atoms with Crippen molar-refractivity contribution in [1.29, 1.82) is 0 Å². The maximum absolute atomic E-state index is 10.6. The van der Waals surface area contributed by atoms with Gasteiger partial charge in [-0.15, -0.1) is 0 Å². The number of halogens is 1. The van der Waals surface area contributed by atoms with E-state index in [1.807, 2.05) is 12.1 Å². The van der Waals surface area contributed by atoms with Crippen molar-refractivity contribution in [2.24, 2.45) is 0 Å². The van der Waals surface area contributed by atoms with E-state index in [0.717, 1.165) is 12.8 Å². The van der Waals surface area contributed by atoms with Crippen LogP contribution in [-0.4, -0.2) is 23.8 Å². The van der Waals surface area contributed by atoms with Gasteiger partial charge in [0, 0.05) is 16.2 Å². The van der Waals surface area contributed by atoms with Crippen LogP contribution in [0.3, 0.4) is 0 Å². The highest BCUT2D eigenvalue weighted by Crippen LogP contribution is 2.32. The molecule has 1 aromatic carbocycles. The van der Waals surface area contributed by atoms with Crippen molar-refractivity contribution < 1.29 is 4.79 Å². The molecule has 2 rings (SSSR count). The predicted octanol–water partition coefficient (Wildman–Crippen LogP) is 2.24. The number of hydrogen-bond acceptors (Lipinski definition) is 2. The van der Waals surface area contributed by atoms with E-state index in [4.69, 9.17) is 0 Å². The Balaban J connectivity index is 2.16. The summed E-state index contributed by atoms with van der Waals surface area (Å²) in [5.41, 5.74) is 1.32. The Labute approximate surface area is 97.4 Å². The van der Waals surface area contributed by atoms with Crippen LogP contribution in [-0.2, 0) is 4.79 Å². The molecular weight excluding hydrogens is 289 g/mol. The molecule has 2 unspecified atom stereocenters. The van der Waals surface area contributed by atoms with Crippen molar-refractivity contribution in [2.75, 3.05) is 6.54 Å². The lowest BCUT2D eigenvalue weighted by atomic mass is 10.1. The lowest BCUT2D eigenvalue weighted by molar-refractivity contribution is -0.108. The largest absolute Gasteiger partial charge is 0.302 e. The third kappa shape index (κ3) is 1.83. The van der Waals surface area contributed by atoms with Gasteiger partial charge in [0.15, 0.2) is 0 Å². The smallest absolute Gasteiger partial charge is 0.138 e. The Morgan fingerprint density at radius 3 is 2.86 bits per heavy atom. The molecule has 0 radical (unpaired) electrons. The zero-order chi connectivity index (χ0) is 10.1. The first kappa shape index (κ1) is 10.1. The van der Waals surface area contributed by atoms with Gasteiger partial charge in [-0.05, 0) is 41.1 Å². The molecule has 1 aliphatic heterocycles. The van der Waals surface area contributed by atoms with E-state index in [9.17, 15) is 4.79 Å². The number of carbonyl (C=O) groups is 1. The van der Waals surface area contributed by atoms with Crippen LogP contribution in [0.15, 0.2) is 24.3 Å². The second kappa shape index (κ2) is 3.98. The van der Waals surface area contributed by atoms with Crippen molar-refractivity contribution in [3.8, 4) is 0 Å². The summed E-state index contributed by atoms with van der Waals surface area (Å²) in [7, 11) is 0. The Hall–Kier alpha value is -0.420. The average Bonchev–Trinajstić information content (AvgIpc) is 2.96. The number of nitrogens with zero attached hydrogens (tertiary/aromatic N) is 1. The van der Waals surface area contributed by atoms with Crippen LogP contribution in [0.2, 0.25) is 0 Å². The molecule has 0 aromatic heterocycles. The van der Waals surface area contributed by atoms with Gasteiger partial charge in [-0.25, -0.2) is 0 Å². The number of rotatable bonds is 3. The normalized spacial score (nSPS) is 27.0. The Kier molecular flexibility index (Phi) is 2.88. The van der Waals surface area contributed by atoms with Gasteiger partial charge in [0.1, 0.15) is 6.29 Å². The predicted molar refractivity (Wildman–Crippen MR) is 64.1 cm³/mol. The molecule has 1 aliphatic rings. The lowest BCUT2D eigenvalue weighted by Gasteiger charge is -2.14. The average molecular weight is 301 g/mol. The van der Waals surface area contributed by atoms with Gasteiger partial charge >= 0.3 is 0 Å². The maximum Gasteiger partial charge on any atom is 0.138 e. The number of benzene rings is 1. The number of aldehydes is 1. The summed E-state index contributed by atoms with van der Waals surface area (Å²) in [5, 5.41) is 0. The van der Waals surface area contributed by atoms with Crippen LogP contribution >= 0.6 is 22.6 Å². The van der Waals surface area contributed by atoms with Crippen LogP contribution in [0.1, 0.15) is 18.5 Å². The Morgan fingerprint density at radius 2 is 2.29 bits per heavy atom. The topological polar surface area (TPSA) is 20.1 Å². The van der Waals surface area contributed by atoms with Crippen molar-refractivity contribution in [3.05, 3.63) is 33.4 Å². The molecule has 1 aromatic rings. The summed E-state index contributed by atoms with van der Waals surface area (Å²) < 4.78 is 1.27. The fourth-order valence-corrected chi connectivity index (χ4v) is 2.57. The Morgan fingerprint density at radius 1 is 1.57 bits per heavy atom. The minimum atomic E-state index is 0.154. The van der Waals surface area contributed by atoms with Crippen LogP contribution in [0.25, 0.3) is 0 Å². The van der Waals surface area contributed by atoms with E-state index >= 15 is 0 Å². The van der Waals surface area contributed by atoms with E-state index in [1.165, 1.54) is 9.13 Å². The minimum absolute atomic E-state index is 0.154. The van der Waals surface area contributed by atoms with Crippen LogP contribution in [0, 0.1) is 3.57 Å². The summed E-state index contributed by atoms with van der Waals surface area (Å²) in [5.74, 6) is 0. The number of hydrogen-bond donors (Lipinski definition) is 0. The van der Waals surface area contributed by atoms with Gasteiger partial charge in [-0.3, -0.25) is 4.90 Å².